The second-order valence-corrected chi connectivity index (χ2v) is 7.43. The van der Waals surface area contributed by atoms with Crippen molar-refractivity contribution >= 4 is 23.4 Å². The van der Waals surface area contributed by atoms with E-state index in [1.54, 1.807) is 12.1 Å². The lowest BCUT2D eigenvalue weighted by atomic mass is 10.1. The first kappa shape index (κ1) is 21.8. The molecule has 1 saturated heterocycles. The number of alkyl halides is 3. The molecular weight excluding hydrogens is 398 g/mol. The van der Waals surface area contributed by atoms with Crippen molar-refractivity contribution in [2.24, 2.45) is 0 Å². The van der Waals surface area contributed by atoms with Gasteiger partial charge in [-0.25, -0.2) is 4.39 Å². The summed E-state index contributed by atoms with van der Waals surface area (Å²) in [5, 5.41) is 2.62. The molecule has 1 heterocycles. The van der Waals surface area contributed by atoms with E-state index in [0.717, 1.165) is 43.4 Å². The van der Waals surface area contributed by atoms with Crippen LogP contribution in [0.15, 0.2) is 48.5 Å². The summed E-state index contributed by atoms with van der Waals surface area (Å²) in [5.41, 5.74) is -0.0703. The van der Waals surface area contributed by atoms with Crippen LogP contribution in [0.5, 0.6) is 0 Å². The van der Waals surface area contributed by atoms with E-state index < -0.39 is 23.5 Å². The van der Waals surface area contributed by atoms with Crippen LogP contribution in [0.25, 0.3) is 6.08 Å². The minimum atomic E-state index is -4.79. The second kappa shape index (κ2) is 8.87. The van der Waals surface area contributed by atoms with Crippen molar-refractivity contribution in [1.82, 2.24) is 4.90 Å². The van der Waals surface area contributed by atoms with Crippen molar-refractivity contribution in [2.45, 2.75) is 18.6 Å². The quantitative estimate of drug-likeness (QED) is 0.565. The zero-order valence-electron chi connectivity index (χ0n) is 16.7. The number of hydrogen-bond acceptors (Lipinski definition) is 3. The monoisotopic (exact) mass is 421 g/mol. The molecule has 3 rings (SSSR count). The Balaban J connectivity index is 1.62. The van der Waals surface area contributed by atoms with Crippen molar-refractivity contribution in [1.29, 1.82) is 0 Å². The maximum atomic E-state index is 14.0. The fourth-order valence-corrected chi connectivity index (χ4v) is 3.40. The van der Waals surface area contributed by atoms with Gasteiger partial charge >= 0.3 is 6.18 Å². The molecular formula is C22H23F4N3O. The first-order chi connectivity index (χ1) is 14.1. The maximum absolute atomic E-state index is 14.0. The number of nitrogens with one attached hydrogen (secondary N) is 1. The van der Waals surface area contributed by atoms with E-state index in [2.05, 4.69) is 29.2 Å². The van der Waals surface area contributed by atoms with Gasteiger partial charge in [0.05, 0.1) is 5.56 Å². The lowest BCUT2D eigenvalue weighted by Crippen LogP contribution is -2.31. The summed E-state index contributed by atoms with van der Waals surface area (Å²) in [5.74, 6) is -1.96. The van der Waals surface area contributed by atoms with Gasteiger partial charge in [-0.3, -0.25) is 4.79 Å². The molecule has 2 aromatic carbocycles. The van der Waals surface area contributed by atoms with Crippen LogP contribution in [0.2, 0.25) is 0 Å². The zero-order chi connectivity index (χ0) is 21.9. The van der Waals surface area contributed by atoms with Crippen LogP contribution in [0.1, 0.15) is 17.5 Å². The third-order valence-corrected chi connectivity index (χ3v) is 5.14. The normalized spacial score (nSPS) is 17.2. The Labute approximate surface area is 172 Å². The van der Waals surface area contributed by atoms with Crippen LogP contribution < -0.4 is 10.2 Å². The van der Waals surface area contributed by atoms with Gasteiger partial charge in [-0.05, 0) is 56.9 Å². The van der Waals surface area contributed by atoms with Crippen LogP contribution in [0.3, 0.4) is 0 Å². The first-order valence-electron chi connectivity index (χ1n) is 9.51. The Bertz CT molecular complexity index is 923. The van der Waals surface area contributed by atoms with Crippen LogP contribution in [0.4, 0.5) is 28.9 Å². The molecule has 1 amide bonds. The Morgan fingerprint density at radius 3 is 2.47 bits per heavy atom. The number of hydrogen-bond donors (Lipinski definition) is 1. The summed E-state index contributed by atoms with van der Waals surface area (Å²) < 4.78 is 52.3. The number of anilines is 2. The van der Waals surface area contributed by atoms with Gasteiger partial charge < -0.3 is 15.1 Å². The van der Waals surface area contributed by atoms with E-state index >= 15 is 0 Å². The van der Waals surface area contributed by atoms with E-state index in [0.29, 0.717) is 17.8 Å². The van der Waals surface area contributed by atoms with Crippen LogP contribution in [0, 0.1) is 5.82 Å². The van der Waals surface area contributed by atoms with Crippen LogP contribution in [-0.2, 0) is 11.0 Å². The van der Waals surface area contributed by atoms with Gasteiger partial charge in [0.1, 0.15) is 5.82 Å². The molecule has 160 valence electrons. The summed E-state index contributed by atoms with van der Waals surface area (Å²) in [7, 11) is 4.12. The molecule has 0 radical (unpaired) electrons. The van der Waals surface area contributed by atoms with Gasteiger partial charge in [-0.1, -0.05) is 12.1 Å². The molecule has 4 nitrogen and oxygen atoms in total. The third-order valence-electron chi connectivity index (χ3n) is 5.14. The molecule has 1 unspecified atom stereocenters. The summed E-state index contributed by atoms with van der Waals surface area (Å²) in [6, 6.07) is 10.8. The number of likely N-dealkylation sites (N-methyl/N-ethyl adjacent to an activating group) is 1. The Morgan fingerprint density at radius 1 is 1.17 bits per heavy atom. The molecule has 1 fully saturated rings. The fraction of sp³-hybridized carbons (Fsp3) is 0.318. The molecule has 8 heteroatoms. The lowest BCUT2D eigenvalue weighted by molar-refractivity contribution is -0.140. The highest BCUT2D eigenvalue weighted by Crippen LogP contribution is 2.32. The number of rotatable bonds is 5. The Hall–Kier alpha value is -2.87. The SMILES string of the molecule is CN(C)C1CCN(c2ccc(NC(=O)C=Cc3cccc(C(F)(F)F)c3F)cc2)C1. The molecule has 1 N–H and O–H groups in total. The molecule has 0 aliphatic carbocycles. The van der Waals surface area contributed by atoms with Gasteiger partial charge in [-0.15, -0.1) is 0 Å². The smallest absolute Gasteiger partial charge is 0.370 e. The molecule has 1 atom stereocenters. The van der Waals surface area contributed by atoms with Crippen molar-refractivity contribution in [3.63, 3.8) is 0 Å². The van der Waals surface area contributed by atoms with Gasteiger partial charge in [0.2, 0.25) is 5.91 Å². The number of carbonyl (C=O) groups excluding carboxylic acids is 1. The van der Waals surface area contributed by atoms with Crippen molar-refractivity contribution < 1.29 is 22.4 Å². The average Bonchev–Trinajstić information content (AvgIpc) is 3.17. The van der Waals surface area contributed by atoms with Crippen molar-refractivity contribution in [2.75, 3.05) is 37.4 Å². The topological polar surface area (TPSA) is 35.6 Å². The number of carbonyl (C=O) groups is 1. The van der Waals surface area contributed by atoms with E-state index in [4.69, 9.17) is 0 Å². The van der Waals surface area contributed by atoms with E-state index in [1.165, 1.54) is 6.07 Å². The molecule has 0 spiro atoms. The zero-order valence-corrected chi connectivity index (χ0v) is 16.7. The highest BCUT2D eigenvalue weighted by Gasteiger charge is 2.34. The lowest BCUT2D eigenvalue weighted by Gasteiger charge is -2.22. The van der Waals surface area contributed by atoms with Crippen LogP contribution >= 0.6 is 0 Å². The minimum absolute atomic E-state index is 0.306. The predicted octanol–water partition coefficient (Wildman–Crippen LogP) is 4.64. The first-order valence-corrected chi connectivity index (χ1v) is 9.51. The predicted molar refractivity (Wildman–Crippen MR) is 110 cm³/mol. The van der Waals surface area contributed by atoms with Gasteiger partial charge in [0.15, 0.2) is 0 Å². The second-order valence-electron chi connectivity index (χ2n) is 7.43. The van der Waals surface area contributed by atoms with Gasteiger partial charge in [0, 0.05) is 42.1 Å². The highest BCUT2D eigenvalue weighted by molar-refractivity contribution is 6.02. The van der Waals surface area contributed by atoms with E-state index in [9.17, 15) is 22.4 Å². The number of benzene rings is 2. The summed E-state index contributed by atoms with van der Waals surface area (Å²) in [4.78, 5) is 16.6. The largest absolute Gasteiger partial charge is 0.419 e. The van der Waals surface area contributed by atoms with Gasteiger partial charge in [-0.2, -0.15) is 13.2 Å². The van der Waals surface area contributed by atoms with Gasteiger partial charge in [0.25, 0.3) is 0 Å². The van der Waals surface area contributed by atoms with Crippen molar-refractivity contribution in [3.05, 3.63) is 65.5 Å². The van der Waals surface area contributed by atoms with Crippen molar-refractivity contribution in [3.8, 4) is 0 Å². The Kier molecular flexibility index (Phi) is 6.45. The molecule has 0 saturated carbocycles. The van der Waals surface area contributed by atoms with Crippen LogP contribution in [-0.4, -0.2) is 44.0 Å². The molecule has 2 aromatic rings. The molecule has 1 aliphatic rings. The fourth-order valence-electron chi connectivity index (χ4n) is 3.40. The number of nitrogens with zero attached hydrogens (tertiary/aromatic N) is 2. The number of amides is 1. The summed E-state index contributed by atoms with van der Waals surface area (Å²) in [6.45, 7) is 1.89. The molecule has 0 aromatic heterocycles. The Morgan fingerprint density at radius 2 is 1.87 bits per heavy atom. The molecule has 1 aliphatic heterocycles. The minimum Gasteiger partial charge on any atom is -0.370 e. The third kappa shape index (κ3) is 5.18. The molecule has 0 bridgehead atoms. The number of halogens is 4. The van der Waals surface area contributed by atoms with E-state index in [-0.39, 0.29) is 5.56 Å². The van der Waals surface area contributed by atoms with E-state index in [1.807, 2.05) is 12.1 Å². The summed E-state index contributed by atoms with van der Waals surface area (Å²) >= 11 is 0. The molecule has 30 heavy (non-hydrogen) atoms. The summed E-state index contributed by atoms with van der Waals surface area (Å²) in [6.07, 6.45) is -1.67. The highest BCUT2D eigenvalue weighted by atomic mass is 19.4. The average molecular weight is 421 g/mol. The standard InChI is InChI=1S/C22H23F4N3O/c1-28(2)18-12-13-29(14-18)17-9-7-16(8-10-17)27-20(30)11-6-15-4-3-5-19(21(15)23)22(24,25)26/h3-11,18H,12-14H2,1-2H3,(H,27,30). The maximum Gasteiger partial charge on any atom is 0.419 e.